The number of carbonyl (C=O) groups is 1. The number of thiophene rings is 1. The Bertz CT molecular complexity index is 965. The molecule has 0 aromatic carbocycles. The summed E-state index contributed by atoms with van der Waals surface area (Å²) in [4.78, 5) is 38.1. The van der Waals surface area contributed by atoms with E-state index >= 15 is 0 Å². The first kappa shape index (κ1) is 16.6. The summed E-state index contributed by atoms with van der Waals surface area (Å²) in [5, 5.41) is 4.39. The molecule has 0 saturated heterocycles. The van der Waals surface area contributed by atoms with Crippen LogP contribution in [0.25, 0.3) is 5.78 Å². The second-order valence-corrected chi connectivity index (χ2v) is 5.77. The summed E-state index contributed by atoms with van der Waals surface area (Å²) in [6, 6.07) is 3.43. The van der Waals surface area contributed by atoms with Gasteiger partial charge in [0.2, 0.25) is 5.95 Å². The molecule has 3 aromatic heterocycles. The van der Waals surface area contributed by atoms with E-state index in [1.165, 1.54) is 11.3 Å². The normalized spacial score (nSPS) is 10.6. The topological polar surface area (TPSA) is 106 Å². The van der Waals surface area contributed by atoms with Crippen LogP contribution in [0.3, 0.4) is 0 Å². The molecule has 0 aliphatic heterocycles. The Morgan fingerprint density at radius 3 is 2.72 bits per heavy atom. The molecule has 3 heterocycles. The summed E-state index contributed by atoms with van der Waals surface area (Å²) in [5.74, 6) is -0.955. The highest BCUT2D eigenvalue weighted by Crippen LogP contribution is 2.16. The van der Waals surface area contributed by atoms with E-state index in [4.69, 9.17) is 4.52 Å². The highest BCUT2D eigenvalue weighted by atomic mass is 32.1. The standard InChI is InChI=1S/C15H14N6O3S/c1-3-7-20(8-4-2)12-17-13(16-11(22)10-6-5-9-25-10)21-14(18-12)19-15(23)24-21/h3-6,9H,1-2,7-8H2,(H,16,17,18,19,22,23). The Kier molecular flexibility index (Phi) is 4.70. The van der Waals surface area contributed by atoms with E-state index in [1.807, 2.05) is 0 Å². The average molecular weight is 358 g/mol. The lowest BCUT2D eigenvalue weighted by Gasteiger charge is -2.19. The third-order valence-corrected chi connectivity index (χ3v) is 3.96. The monoisotopic (exact) mass is 358 g/mol. The molecule has 1 N–H and O–H groups in total. The largest absolute Gasteiger partial charge is 0.462 e. The minimum absolute atomic E-state index is 0.00500. The van der Waals surface area contributed by atoms with E-state index in [1.54, 1.807) is 34.6 Å². The predicted molar refractivity (Wildman–Crippen MR) is 94.2 cm³/mol. The fourth-order valence-corrected chi connectivity index (χ4v) is 2.69. The number of carbonyl (C=O) groups excluding carboxylic acids is 1. The third-order valence-electron chi connectivity index (χ3n) is 3.09. The van der Waals surface area contributed by atoms with E-state index in [0.717, 1.165) is 4.57 Å². The Labute approximate surface area is 145 Å². The zero-order valence-electron chi connectivity index (χ0n) is 13.1. The van der Waals surface area contributed by atoms with Crippen LogP contribution in [0.15, 0.2) is 52.1 Å². The maximum atomic E-state index is 12.3. The molecule has 1 amide bonds. The van der Waals surface area contributed by atoms with Crippen LogP contribution in [0.5, 0.6) is 0 Å². The summed E-state index contributed by atoms with van der Waals surface area (Å²) in [7, 11) is 0. The zero-order chi connectivity index (χ0) is 17.8. The summed E-state index contributed by atoms with van der Waals surface area (Å²) >= 11 is 1.28. The Balaban J connectivity index is 2.05. The minimum atomic E-state index is -0.836. The van der Waals surface area contributed by atoms with Gasteiger partial charge >= 0.3 is 5.76 Å². The number of amides is 1. The van der Waals surface area contributed by atoms with Gasteiger partial charge in [-0.2, -0.15) is 9.97 Å². The van der Waals surface area contributed by atoms with Crippen molar-refractivity contribution in [3.63, 3.8) is 0 Å². The predicted octanol–water partition coefficient (Wildman–Crippen LogP) is 1.57. The Morgan fingerprint density at radius 2 is 2.08 bits per heavy atom. The molecule has 3 rings (SSSR count). The summed E-state index contributed by atoms with van der Waals surface area (Å²) in [6.07, 6.45) is 3.35. The van der Waals surface area contributed by atoms with Crippen LogP contribution >= 0.6 is 11.3 Å². The Morgan fingerprint density at radius 1 is 1.32 bits per heavy atom. The van der Waals surface area contributed by atoms with Gasteiger partial charge in [0, 0.05) is 13.1 Å². The highest BCUT2D eigenvalue weighted by molar-refractivity contribution is 7.12. The van der Waals surface area contributed by atoms with Crippen LogP contribution in [0, 0.1) is 0 Å². The number of rotatable bonds is 7. The molecule has 25 heavy (non-hydrogen) atoms. The molecule has 128 valence electrons. The minimum Gasteiger partial charge on any atom is -0.333 e. The number of hydrogen-bond donors (Lipinski definition) is 1. The number of fused-ring (bicyclic) bond motifs is 1. The first-order valence-electron chi connectivity index (χ1n) is 7.22. The van der Waals surface area contributed by atoms with Crippen molar-refractivity contribution < 1.29 is 9.32 Å². The van der Waals surface area contributed by atoms with Crippen molar-refractivity contribution in [2.24, 2.45) is 0 Å². The van der Waals surface area contributed by atoms with Gasteiger partial charge in [0.05, 0.1) is 4.88 Å². The quantitative estimate of drug-likeness (QED) is 0.639. The molecule has 0 unspecified atom stereocenters. The molecule has 3 aromatic rings. The van der Waals surface area contributed by atoms with Gasteiger partial charge in [-0.1, -0.05) is 22.8 Å². The second kappa shape index (κ2) is 7.09. The van der Waals surface area contributed by atoms with Gasteiger partial charge in [-0.3, -0.25) is 10.1 Å². The van der Waals surface area contributed by atoms with Crippen molar-refractivity contribution in [3.05, 3.63) is 58.3 Å². The summed E-state index contributed by atoms with van der Waals surface area (Å²) in [6.45, 7) is 8.27. The fraction of sp³-hybridized carbons (Fsp3) is 0.133. The van der Waals surface area contributed by atoms with Gasteiger partial charge in [-0.25, -0.2) is 4.79 Å². The van der Waals surface area contributed by atoms with E-state index in [2.05, 4.69) is 33.4 Å². The van der Waals surface area contributed by atoms with Gasteiger partial charge in [0.15, 0.2) is 0 Å². The van der Waals surface area contributed by atoms with Gasteiger partial charge in [-0.15, -0.1) is 29.5 Å². The molecular formula is C15H14N6O3S. The molecule has 9 nitrogen and oxygen atoms in total. The van der Waals surface area contributed by atoms with Crippen LogP contribution in [-0.4, -0.2) is 38.5 Å². The molecule has 0 aliphatic carbocycles. The molecule has 0 saturated carbocycles. The van der Waals surface area contributed by atoms with Crippen LogP contribution in [0.2, 0.25) is 0 Å². The van der Waals surface area contributed by atoms with E-state index in [0.29, 0.717) is 18.0 Å². The lowest BCUT2D eigenvalue weighted by Crippen LogP contribution is -2.26. The smallest absolute Gasteiger partial charge is 0.333 e. The van der Waals surface area contributed by atoms with Gasteiger partial charge < -0.3 is 9.42 Å². The molecule has 0 spiro atoms. The van der Waals surface area contributed by atoms with E-state index in [-0.39, 0.29) is 23.6 Å². The van der Waals surface area contributed by atoms with Gasteiger partial charge in [0.1, 0.15) is 0 Å². The zero-order valence-corrected chi connectivity index (χ0v) is 13.9. The third kappa shape index (κ3) is 3.48. The van der Waals surface area contributed by atoms with Crippen molar-refractivity contribution in [1.82, 2.24) is 19.5 Å². The lowest BCUT2D eigenvalue weighted by molar-refractivity contribution is 0.102. The fourth-order valence-electron chi connectivity index (χ4n) is 2.07. The molecule has 0 fully saturated rings. The average Bonchev–Trinajstić information content (AvgIpc) is 3.23. The summed E-state index contributed by atoms with van der Waals surface area (Å²) in [5.41, 5.74) is 0. The first-order chi connectivity index (χ1) is 12.1. The van der Waals surface area contributed by atoms with Crippen molar-refractivity contribution in [2.45, 2.75) is 0 Å². The maximum Gasteiger partial charge on any atom is 0.462 e. The number of hydrogen-bond acceptors (Lipinski definition) is 8. The molecular weight excluding hydrogens is 344 g/mol. The summed E-state index contributed by atoms with van der Waals surface area (Å²) < 4.78 is 5.91. The highest BCUT2D eigenvalue weighted by Gasteiger charge is 2.18. The SMILES string of the molecule is C=CCN(CC=C)c1nc(NC(=O)c2cccs2)n2oc(=O)nc2n1. The van der Waals surface area contributed by atoms with Gasteiger partial charge in [-0.05, 0) is 11.4 Å². The number of anilines is 2. The molecule has 0 aliphatic rings. The molecule has 0 radical (unpaired) electrons. The molecule has 0 bridgehead atoms. The van der Waals surface area contributed by atoms with Crippen LogP contribution in [-0.2, 0) is 0 Å². The lowest BCUT2D eigenvalue weighted by atomic mass is 10.4. The van der Waals surface area contributed by atoms with Crippen molar-refractivity contribution in [3.8, 4) is 0 Å². The molecule has 0 atom stereocenters. The number of nitrogens with one attached hydrogen (secondary N) is 1. The van der Waals surface area contributed by atoms with Crippen LogP contribution in [0.1, 0.15) is 9.67 Å². The second-order valence-electron chi connectivity index (χ2n) is 4.82. The number of aromatic nitrogens is 4. The van der Waals surface area contributed by atoms with Crippen LogP contribution in [0.4, 0.5) is 11.9 Å². The Hall–Kier alpha value is -3.27. The number of nitrogens with zero attached hydrogens (tertiary/aromatic N) is 5. The maximum absolute atomic E-state index is 12.3. The van der Waals surface area contributed by atoms with Crippen molar-refractivity contribution >= 4 is 34.9 Å². The van der Waals surface area contributed by atoms with Gasteiger partial charge in [0.25, 0.3) is 17.6 Å². The molecule has 10 heteroatoms. The first-order valence-corrected chi connectivity index (χ1v) is 8.10. The van der Waals surface area contributed by atoms with E-state index in [9.17, 15) is 9.59 Å². The van der Waals surface area contributed by atoms with E-state index < -0.39 is 5.76 Å². The van der Waals surface area contributed by atoms with Crippen molar-refractivity contribution in [2.75, 3.05) is 23.3 Å². The van der Waals surface area contributed by atoms with Crippen molar-refractivity contribution in [1.29, 1.82) is 0 Å². The van der Waals surface area contributed by atoms with Crippen LogP contribution < -0.4 is 16.0 Å².